The second-order valence-electron chi connectivity index (χ2n) is 3.50. The molecule has 0 saturated heterocycles. The average molecular weight is 306 g/mol. The molecule has 0 aliphatic carbocycles. The van der Waals surface area contributed by atoms with Crippen molar-refractivity contribution in [2.45, 2.75) is 25.4 Å². The third-order valence-electron chi connectivity index (χ3n) is 2.09. The van der Waals surface area contributed by atoms with Crippen molar-refractivity contribution in [3.63, 3.8) is 0 Å². The zero-order valence-corrected chi connectivity index (χ0v) is 10.8. The molecule has 0 saturated carbocycles. The van der Waals surface area contributed by atoms with Gasteiger partial charge in [-0.15, -0.1) is 25.6 Å². The van der Waals surface area contributed by atoms with Gasteiger partial charge in [-0.3, -0.25) is 0 Å². The number of benzene rings is 1. The highest BCUT2D eigenvalue weighted by Gasteiger charge is 2.32. The van der Waals surface area contributed by atoms with Crippen molar-refractivity contribution in [2.75, 3.05) is 0 Å². The molecule has 1 aromatic carbocycles. The lowest BCUT2D eigenvalue weighted by Crippen LogP contribution is -2.23. The lowest BCUT2D eigenvalue weighted by atomic mass is 10.0. The van der Waals surface area contributed by atoms with Gasteiger partial charge in [-0.25, -0.2) is 0 Å². The van der Waals surface area contributed by atoms with Crippen molar-refractivity contribution in [1.29, 1.82) is 0 Å². The molecule has 3 nitrogen and oxygen atoms in total. The third-order valence-corrected chi connectivity index (χ3v) is 2.38. The van der Waals surface area contributed by atoms with Crippen LogP contribution in [0.1, 0.15) is 18.5 Å². The first-order valence-corrected chi connectivity index (χ1v) is 5.07. The standard InChI is InChI=1S/C10H11ClF3NO2.ClH/c1-5(16)9(15)6-2-3-8(7(11)4-6)17-10(12,13)14;/h2-5,9,16H,15H2,1H3;1H/t5-,9-;/m1./s1. The molecule has 104 valence electrons. The van der Waals surface area contributed by atoms with Gasteiger partial charge in [-0.1, -0.05) is 17.7 Å². The van der Waals surface area contributed by atoms with Gasteiger partial charge in [0, 0.05) is 0 Å². The molecule has 0 aliphatic heterocycles. The fourth-order valence-electron chi connectivity index (χ4n) is 1.21. The number of halogens is 5. The Labute approximate surface area is 113 Å². The van der Waals surface area contributed by atoms with Crippen LogP contribution in [0.2, 0.25) is 5.02 Å². The van der Waals surface area contributed by atoms with E-state index in [0.29, 0.717) is 5.56 Å². The van der Waals surface area contributed by atoms with Crippen LogP contribution in [-0.4, -0.2) is 17.6 Å². The Morgan fingerprint density at radius 1 is 1.39 bits per heavy atom. The molecule has 0 heterocycles. The maximum absolute atomic E-state index is 12.0. The number of hydrogen-bond acceptors (Lipinski definition) is 3. The minimum atomic E-state index is -4.79. The number of rotatable bonds is 3. The zero-order chi connectivity index (χ0) is 13.2. The quantitative estimate of drug-likeness (QED) is 0.902. The third kappa shape index (κ3) is 4.89. The number of aliphatic hydroxyl groups excluding tert-OH is 1. The van der Waals surface area contributed by atoms with Crippen LogP contribution in [0.4, 0.5) is 13.2 Å². The van der Waals surface area contributed by atoms with Gasteiger partial charge in [0.25, 0.3) is 0 Å². The Morgan fingerprint density at radius 3 is 2.33 bits per heavy atom. The fourth-order valence-corrected chi connectivity index (χ4v) is 1.44. The molecule has 0 radical (unpaired) electrons. The van der Waals surface area contributed by atoms with E-state index in [2.05, 4.69) is 4.74 Å². The molecule has 18 heavy (non-hydrogen) atoms. The highest BCUT2D eigenvalue weighted by molar-refractivity contribution is 6.32. The summed E-state index contributed by atoms with van der Waals surface area (Å²) in [5.41, 5.74) is 6.04. The van der Waals surface area contributed by atoms with Crippen LogP contribution in [0.25, 0.3) is 0 Å². The van der Waals surface area contributed by atoms with Crippen molar-refractivity contribution in [2.24, 2.45) is 5.73 Å². The predicted octanol–water partition coefficient (Wildman–Crippen LogP) is 3.04. The number of nitrogens with two attached hydrogens (primary N) is 1. The van der Waals surface area contributed by atoms with Crippen molar-refractivity contribution in [1.82, 2.24) is 0 Å². The molecule has 0 aromatic heterocycles. The van der Waals surface area contributed by atoms with E-state index >= 15 is 0 Å². The minimum Gasteiger partial charge on any atom is -0.404 e. The van der Waals surface area contributed by atoms with E-state index in [1.54, 1.807) is 0 Å². The Kier molecular flexibility index (Phi) is 6.22. The molecule has 0 unspecified atom stereocenters. The Balaban J connectivity index is 0.00000289. The summed E-state index contributed by atoms with van der Waals surface area (Å²) < 4.78 is 39.6. The first-order valence-electron chi connectivity index (χ1n) is 4.69. The van der Waals surface area contributed by atoms with Crippen LogP contribution in [-0.2, 0) is 0 Å². The summed E-state index contributed by atoms with van der Waals surface area (Å²) in [7, 11) is 0. The number of ether oxygens (including phenoxy) is 1. The molecular formula is C10H12Cl2F3NO2. The van der Waals surface area contributed by atoms with E-state index in [4.69, 9.17) is 17.3 Å². The predicted molar refractivity (Wildman–Crippen MR) is 64.0 cm³/mol. The van der Waals surface area contributed by atoms with Crippen LogP contribution < -0.4 is 10.5 Å². The van der Waals surface area contributed by atoms with Gasteiger partial charge in [0.2, 0.25) is 0 Å². The van der Waals surface area contributed by atoms with Crippen molar-refractivity contribution in [3.8, 4) is 5.75 Å². The van der Waals surface area contributed by atoms with E-state index in [0.717, 1.165) is 6.07 Å². The van der Waals surface area contributed by atoms with Gasteiger partial charge in [-0.2, -0.15) is 0 Å². The Hall–Kier alpha value is -0.690. The lowest BCUT2D eigenvalue weighted by molar-refractivity contribution is -0.274. The summed E-state index contributed by atoms with van der Waals surface area (Å²) in [6.45, 7) is 1.47. The number of hydrogen-bond donors (Lipinski definition) is 2. The monoisotopic (exact) mass is 305 g/mol. The lowest BCUT2D eigenvalue weighted by Gasteiger charge is -2.17. The van der Waals surface area contributed by atoms with Crippen molar-refractivity contribution >= 4 is 24.0 Å². The van der Waals surface area contributed by atoms with Gasteiger partial charge in [0.15, 0.2) is 0 Å². The van der Waals surface area contributed by atoms with E-state index in [-0.39, 0.29) is 17.4 Å². The zero-order valence-electron chi connectivity index (χ0n) is 9.24. The van der Waals surface area contributed by atoms with Crippen molar-refractivity contribution in [3.05, 3.63) is 28.8 Å². The summed E-state index contributed by atoms with van der Waals surface area (Å²) in [5.74, 6) is -0.499. The molecule has 0 spiro atoms. The Morgan fingerprint density at radius 2 is 1.94 bits per heavy atom. The van der Waals surface area contributed by atoms with Gasteiger partial charge < -0.3 is 15.6 Å². The van der Waals surface area contributed by atoms with Crippen LogP contribution in [0, 0.1) is 0 Å². The summed E-state index contributed by atoms with van der Waals surface area (Å²) >= 11 is 5.62. The van der Waals surface area contributed by atoms with E-state index < -0.39 is 24.3 Å². The summed E-state index contributed by atoms with van der Waals surface area (Å²) in [6, 6.07) is 2.91. The maximum atomic E-state index is 12.0. The molecule has 8 heteroatoms. The fraction of sp³-hybridized carbons (Fsp3) is 0.400. The minimum absolute atomic E-state index is 0. The maximum Gasteiger partial charge on any atom is 0.573 e. The molecule has 1 aromatic rings. The molecule has 0 aliphatic rings. The summed E-state index contributed by atoms with van der Waals surface area (Å²) in [4.78, 5) is 0. The molecular weight excluding hydrogens is 294 g/mol. The summed E-state index contributed by atoms with van der Waals surface area (Å²) in [6.07, 6.45) is -5.63. The van der Waals surface area contributed by atoms with E-state index in [1.807, 2.05) is 0 Å². The highest BCUT2D eigenvalue weighted by Crippen LogP contribution is 2.32. The number of alkyl halides is 3. The van der Waals surface area contributed by atoms with Gasteiger partial charge in [0.1, 0.15) is 5.75 Å². The highest BCUT2D eigenvalue weighted by atomic mass is 35.5. The van der Waals surface area contributed by atoms with Crippen LogP contribution in [0.3, 0.4) is 0 Å². The molecule has 0 amide bonds. The molecule has 0 bridgehead atoms. The van der Waals surface area contributed by atoms with Gasteiger partial charge in [-0.05, 0) is 24.6 Å². The van der Waals surface area contributed by atoms with Crippen LogP contribution in [0.15, 0.2) is 18.2 Å². The molecule has 2 atom stereocenters. The smallest absolute Gasteiger partial charge is 0.404 e. The van der Waals surface area contributed by atoms with Crippen molar-refractivity contribution < 1.29 is 23.0 Å². The topological polar surface area (TPSA) is 55.5 Å². The Bertz CT molecular complexity index is 399. The SMILES string of the molecule is C[C@@H](O)[C@@H](N)c1ccc(OC(F)(F)F)c(Cl)c1.Cl. The first kappa shape index (κ1) is 17.3. The van der Waals surface area contributed by atoms with E-state index in [9.17, 15) is 18.3 Å². The van der Waals surface area contributed by atoms with Crippen LogP contribution in [0.5, 0.6) is 5.75 Å². The van der Waals surface area contributed by atoms with Gasteiger partial charge >= 0.3 is 6.36 Å². The largest absolute Gasteiger partial charge is 0.573 e. The molecule has 1 rings (SSSR count). The summed E-state index contributed by atoms with van der Waals surface area (Å²) in [5, 5.41) is 9.03. The first-order chi connectivity index (χ1) is 7.70. The van der Waals surface area contributed by atoms with Gasteiger partial charge in [0.05, 0.1) is 17.2 Å². The van der Waals surface area contributed by atoms with Crippen LogP contribution >= 0.6 is 24.0 Å². The molecule has 3 N–H and O–H groups in total. The average Bonchev–Trinajstić information content (AvgIpc) is 2.18. The number of aliphatic hydroxyl groups is 1. The second-order valence-corrected chi connectivity index (χ2v) is 3.91. The molecule has 0 fully saturated rings. The normalized spacial score (nSPS) is 14.6. The second kappa shape index (κ2) is 6.47. The van der Waals surface area contributed by atoms with E-state index in [1.165, 1.54) is 19.1 Å².